The predicted octanol–water partition coefficient (Wildman–Crippen LogP) is 5.05. The van der Waals surface area contributed by atoms with E-state index in [1.165, 1.54) is 37.6 Å². The summed E-state index contributed by atoms with van der Waals surface area (Å²) in [6, 6.07) is 10.3. The summed E-state index contributed by atoms with van der Waals surface area (Å²) in [4.78, 5) is 27.9. The molecule has 4 aromatic heterocycles. The van der Waals surface area contributed by atoms with E-state index in [4.69, 9.17) is 0 Å². The summed E-state index contributed by atoms with van der Waals surface area (Å²) in [5.41, 5.74) is 0.330. The van der Waals surface area contributed by atoms with Crippen LogP contribution in [0.25, 0.3) is 22.4 Å². The second-order valence-electron chi connectivity index (χ2n) is 6.44. The minimum absolute atomic E-state index is 0.0732. The van der Waals surface area contributed by atoms with Crippen molar-refractivity contribution in [3.8, 4) is 11.4 Å². The van der Waals surface area contributed by atoms with E-state index in [-0.39, 0.29) is 22.8 Å². The van der Waals surface area contributed by atoms with E-state index in [0.29, 0.717) is 22.5 Å². The van der Waals surface area contributed by atoms with Crippen molar-refractivity contribution in [1.29, 1.82) is 0 Å². The van der Waals surface area contributed by atoms with Gasteiger partial charge < -0.3 is 5.32 Å². The van der Waals surface area contributed by atoms with Gasteiger partial charge in [0.15, 0.2) is 11.4 Å². The maximum atomic E-state index is 13.3. The molecule has 150 valence electrons. The number of Topliss-reactive ketones (excluding diaryl/α,β-unsaturated/α-hetero) is 1. The molecule has 0 aliphatic heterocycles. The SMILES string of the molecule is CC(=O)c1ccc(Nc2ccnc3nc(-c4ncccc4C(F)(F)F)ccc23)nc1. The second-order valence-corrected chi connectivity index (χ2v) is 6.44. The van der Waals surface area contributed by atoms with Crippen LogP contribution in [-0.2, 0) is 6.18 Å². The lowest BCUT2D eigenvalue weighted by Crippen LogP contribution is -2.08. The summed E-state index contributed by atoms with van der Waals surface area (Å²) in [5.74, 6) is 0.411. The molecule has 0 saturated carbocycles. The van der Waals surface area contributed by atoms with Gasteiger partial charge in [-0.15, -0.1) is 0 Å². The van der Waals surface area contributed by atoms with Gasteiger partial charge in [-0.1, -0.05) is 0 Å². The number of hydrogen-bond donors (Lipinski definition) is 1. The molecule has 6 nitrogen and oxygen atoms in total. The first kappa shape index (κ1) is 19.4. The Labute approximate surface area is 168 Å². The van der Waals surface area contributed by atoms with Crippen molar-refractivity contribution in [1.82, 2.24) is 19.9 Å². The third-order valence-electron chi connectivity index (χ3n) is 4.39. The van der Waals surface area contributed by atoms with Gasteiger partial charge in [0.25, 0.3) is 0 Å². The standard InChI is InChI=1S/C21H14F3N5O/c1-12(30)13-4-7-18(27-11-13)28-16-8-10-26-20-14(16)5-6-17(29-20)19-15(21(22,23)24)3-2-9-25-19/h2-11H,1H3,(H,26,27,28,29). The highest BCUT2D eigenvalue weighted by Crippen LogP contribution is 2.35. The number of nitrogens with one attached hydrogen (secondary N) is 1. The topological polar surface area (TPSA) is 80.7 Å². The zero-order chi connectivity index (χ0) is 21.3. The fourth-order valence-electron chi connectivity index (χ4n) is 2.92. The van der Waals surface area contributed by atoms with E-state index in [1.807, 2.05) is 0 Å². The molecular weight excluding hydrogens is 395 g/mol. The Morgan fingerprint density at radius 2 is 1.80 bits per heavy atom. The lowest BCUT2D eigenvalue weighted by Gasteiger charge is -2.12. The van der Waals surface area contributed by atoms with Gasteiger partial charge in [-0.25, -0.2) is 15.0 Å². The third-order valence-corrected chi connectivity index (χ3v) is 4.39. The maximum Gasteiger partial charge on any atom is 0.418 e. The minimum Gasteiger partial charge on any atom is -0.340 e. The van der Waals surface area contributed by atoms with Crippen LogP contribution in [0.4, 0.5) is 24.7 Å². The Balaban J connectivity index is 1.72. The summed E-state index contributed by atoms with van der Waals surface area (Å²) in [6.45, 7) is 1.45. The van der Waals surface area contributed by atoms with Crippen LogP contribution in [0, 0.1) is 0 Å². The number of alkyl halides is 3. The molecule has 0 atom stereocenters. The van der Waals surface area contributed by atoms with Crippen LogP contribution in [0.1, 0.15) is 22.8 Å². The molecule has 0 unspecified atom stereocenters. The van der Waals surface area contributed by atoms with Crippen LogP contribution in [0.15, 0.2) is 61.1 Å². The van der Waals surface area contributed by atoms with Gasteiger partial charge in [0.05, 0.1) is 16.9 Å². The van der Waals surface area contributed by atoms with Crippen molar-refractivity contribution in [3.05, 3.63) is 72.2 Å². The lowest BCUT2D eigenvalue weighted by molar-refractivity contribution is -0.137. The summed E-state index contributed by atoms with van der Waals surface area (Å²) >= 11 is 0. The quantitative estimate of drug-likeness (QED) is 0.475. The van der Waals surface area contributed by atoms with Gasteiger partial charge in [0.2, 0.25) is 0 Å². The molecule has 0 amide bonds. The second kappa shape index (κ2) is 7.51. The third kappa shape index (κ3) is 3.82. The zero-order valence-corrected chi connectivity index (χ0v) is 15.6. The minimum atomic E-state index is -4.55. The predicted molar refractivity (Wildman–Crippen MR) is 105 cm³/mol. The first-order chi connectivity index (χ1) is 14.3. The molecule has 0 aliphatic carbocycles. The van der Waals surface area contributed by atoms with Crippen LogP contribution in [-0.4, -0.2) is 25.7 Å². The molecule has 9 heteroatoms. The Morgan fingerprint density at radius 3 is 2.50 bits per heavy atom. The van der Waals surface area contributed by atoms with Gasteiger partial charge in [-0.2, -0.15) is 13.2 Å². The van der Waals surface area contributed by atoms with Gasteiger partial charge >= 0.3 is 6.18 Å². The van der Waals surface area contributed by atoms with Crippen LogP contribution >= 0.6 is 0 Å². The molecule has 0 saturated heterocycles. The molecule has 0 fully saturated rings. The number of carbonyl (C=O) groups excluding carboxylic acids is 1. The summed E-state index contributed by atoms with van der Waals surface area (Å²) in [5, 5.41) is 3.71. The van der Waals surface area contributed by atoms with E-state index in [9.17, 15) is 18.0 Å². The largest absolute Gasteiger partial charge is 0.418 e. The molecule has 0 aliphatic rings. The summed E-state index contributed by atoms with van der Waals surface area (Å²) in [7, 11) is 0. The number of rotatable bonds is 4. The lowest BCUT2D eigenvalue weighted by atomic mass is 10.1. The van der Waals surface area contributed by atoms with Crippen molar-refractivity contribution < 1.29 is 18.0 Å². The van der Waals surface area contributed by atoms with Crippen molar-refractivity contribution in [2.75, 3.05) is 5.32 Å². The average molecular weight is 409 g/mol. The Bertz CT molecular complexity index is 1240. The van der Waals surface area contributed by atoms with E-state index in [2.05, 4.69) is 25.3 Å². The van der Waals surface area contributed by atoms with Gasteiger partial charge in [-0.05, 0) is 49.4 Å². The molecule has 0 radical (unpaired) electrons. The van der Waals surface area contributed by atoms with E-state index in [0.717, 1.165) is 6.07 Å². The van der Waals surface area contributed by atoms with Crippen LogP contribution in [0.3, 0.4) is 0 Å². The molecule has 4 heterocycles. The zero-order valence-electron chi connectivity index (χ0n) is 15.6. The first-order valence-corrected chi connectivity index (χ1v) is 8.85. The highest BCUT2D eigenvalue weighted by molar-refractivity contribution is 5.94. The normalized spacial score (nSPS) is 11.5. The number of hydrogen-bond acceptors (Lipinski definition) is 6. The molecule has 4 aromatic rings. The van der Waals surface area contributed by atoms with Crippen molar-refractivity contribution in [3.63, 3.8) is 0 Å². The van der Waals surface area contributed by atoms with Crippen molar-refractivity contribution in [2.45, 2.75) is 13.1 Å². The molecule has 1 N–H and O–H groups in total. The van der Waals surface area contributed by atoms with E-state index < -0.39 is 11.7 Å². The number of halogens is 3. The van der Waals surface area contributed by atoms with E-state index >= 15 is 0 Å². The van der Waals surface area contributed by atoms with Crippen LogP contribution in [0.2, 0.25) is 0 Å². The fraction of sp³-hybridized carbons (Fsp3) is 0.0952. The smallest absolute Gasteiger partial charge is 0.340 e. The summed E-state index contributed by atoms with van der Waals surface area (Å²) in [6.07, 6.45) is -0.300. The molecule has 0 aromatic carbocycles. The average Bonchev–Trinajstić information content (AvgIpc) is 2.73. The number of carbonyl (C=O) groups is 1. The van der Waals surface area contributed by atoms with Crippen LogP contribution < -0.4 is 5.32 Å². The van der Waals surface area contributed by atoms with Crippen molar-refractivity contribution >= 4 is 28.3 Å². The van der Waals surface area contributed by atoms with Gasteiger partial charge in [0.1, 0.15) is 11.5 Å². The van der Waals surface area contributed by atoms with Gasteiger partial charge in [0, 0.05) is 29.5 Å². The highest BCUT2D eigenvalue weighted by Gasteiger charge is 2.34. The summed E-state index contributed by atoms with van der Waals surface area (Å²) < 4.78 is 39.9. The first-order valence-electron chi connectivity index (χ1n) is 8.85. The number of aromatic nitrogens is 4. The number of nitrogens with zero attached hydrogens (tertiary/aromatic N) is 4. The monoisotopic (exact) mass is 409 g/mol. The molecular formula is C21H14F3N5O. The number of ketones is 1. The molecule has 30 heavy (non-hydrogen) atoms. The van der Waals surface area contributed by atoms with E-state index in [1.54, 1.807) is 24.3 Å². The fourth-order valence-corrected chi connectivity index (χ4v) is 2.92. The highest BCUT2D eigenvalue weighted by atomic mass is 19.4. The number of anilines is 2. The number of fused-ring (bicyclic) bond motifs is 1. The molecule has 0 spiro atoms. The Morgan fingerprint density at radius 1 is 0.967 bits per heavy atom. The van der Waals surface area contributed by atoms with Crippen LogP contribution in [0.5, 0.6) is 0 Å². The molecule has 4 rings (SSSR count). The maximum absolute atomic E-state index is 13.3. The Hall–Kier alpha value is -3.88. The Kier molecular flexibility index (Phi) is 4.86. The number of pyridine rings is 4. The molecule has 0 bridgehead atoms. The van der Waals surface area contributed by atoms with Crippen molar-refractivity contribution in [2.24, 2.45) is 0 Å². The van der Waals surface area contributed by atoms with Gasteiger partial charge in [-0.3, -0.25) is 9.78 Å².